The Morgan fingerprint density at radius 2 is 0.534 bits per heavy atom. The highest BCUT2D eigenvalue weighted by Gasteiger charge is 2.34. The molecule has 4 atom stereocenters. The zero-order valence-corrected chi connectivity index (χ0v) is 45.7. The molecule has 7 aromatic rings. The van der Waals surface area contributed by atoms with E-state index in [1.54, 1.807) is 121 Å². The summed E-state index contributed by atoms with van der Waals surface area (Å²) in [5.41, 5.74) is 1.42. The molecule has 0 radical (unpaired) electrons. The molecule has 0 saturated carbocycles. The third-order valence-electron chi connectivity index (χ3n) is 15.3. The van der Waals surface area contributed by atoms with Crippen molar-refractivity contribution < 1.29 is 60.0 Å². The van der Waals surface area contributed by atoms with Crippen molar-refractivity contribution in [3.8, 4) is 23.0 Å². The zero-order valence-electron chi connectivity index (χ0n) is 45.7. The van der Waals surface area contributed by atoms with Crippen LogP contribution < -0.4 is 41.7 Å². The topological polar surface area (TPSA) is 347 Å². The van der Waals surface area contributed by atoms with E-state index in [0.29, 0.717) is 0 Å². The molecule has 4 aliphatic carbocycles. The number of nitrogens with one attached hydrogen (secondary N) is 6. The summed E-state index contributed by atoms with van der Waals surface area (Å²) in [6.45, 7) is 0. The van der Waals surface area contributed by atoms with E-state index in [0.717, 1.165) is 0 Å². The van der Waals surface area contributed by atoms with Crippen LogP contribution >= 0.6 is 0 Å². The molecule has 4 unspecified atom stereocenters. The number of Topliss-reactive ketones (excluding diaryl/α,β-unsaturated/α-hetero) is 4. The number of allylic oxidation sites excluding steroid dienone is 4. The van der Waals surface area contributed by atoms with Crippen LogP contribution in [0.5, 0.6) is 23.0 Å². The van der Waals surface area contributed by atoms with Crippen molar-refractivity contribution >= 4 is 115 Å². The molecule has 10 N–H and O–H groups in total. The van der Waals surface area contributed by atoms with Gasteiger partial charge in [-0.3, -0.25) is 19.2 Å². The van der Waals surface area contributed by atoms with E-state index < -0.39 is 70.3 Å². The van der Waals surface area contributed by atoms with E-state index in [2.05, 4.69) is 31.2 Å². The fourth-order valence-electron chi connectivity index (χ4n) is 11.3. The lowest BCUT2D eigenvalue weighted by Gasteiger charge is -2.23. The van der Waals surface area contributed by atoms with Gasteiger partial charge in [0.2, 0.25) is 23.1 Å². The monoisotopic (exact) mass is 1170 g/mol. The summed E-state index contributed by atoms with van der Waals surface area (Å²) >= 11 is 0. The normalized spacial score (nSPS) is 18.9. The maximum atomic E-state index is 14.6. The van der Waals surface area contributed by atoms with Crippen molar-refractivity contribution in [3.05, 3.63) is 238 Å². The molecule has 8 bridgehead atoms. The minimum atomic E-state index is -0.970. The smallest absolute Gasteiger partial charge is 0.227 e. The highest BCUT2D eigenvalue weighted by molar-refractivity contribution is 6.34. The summed E-state index contributed by atoms with van der Waals surface area (Å²) in [7, 11) is 0. The van der Waals surface area contributed by atoms with Crippen molar-refractivity contribution in [1.29, 1.82) is 0 Å². The molecule has 20 heteroatoms. The van der Waals surface area contributed by atoms with E-state index >= 15 is 0 Å². The fourth-order valence-corrected chi connectivity index (χ4v) is 11.3. The third kappa shape index (κ3) is 10.2. The minimum Gasteiger partial charge on any atom is -0.871 e. The number of rotatable bonds is 12. The number of nitrogens with zero attached hydrogens (tertiary/aromatic N) is 2. The summed E-state index contributed by atoms with van der Waals surface area (Å²) in [6.07, 6.45) is 17.2. The zero-order chi connectivity index (χ0) is 61.1. The molecule has 6 aliphatic rings. The van der Waals surface area contributed by atoms with Gasteiger partial charge in [0.15, 0.2) is 23.0 Å². The molecule has 5 heterocycles. The lowest BCUT2D eigenvalue weighted by Crippen LogP contribution is -2.24. The van der Waals surface area contributed by atoms with Crippen molar-refractivity contribution in [1.82, 2.24) is 19.9 Å². The Balaban J connectivity index is 1.12. The van der Waals surface area contributed by atoms with Gasteiger partial charge in [-0.25, -0.2) is 9.97 Å². The predicted octanol–water partition coefficient (Wildman–Crippen LogP) is 8.50. The molecular weight excluding hydrogens is 1120 g/mol. The first kappa shape index (κ1) is 54.9. The Morgan fingerprint density at radius 1 is 0.318 bits per heavy atom. The highest BCUT2D eigenvalue weighted by atomic mass is 16.3. The number of H-pyrrole nitrogens is 2. The number of carbonyl (C=O) groups excluding carboxylic acids is 4. The van der Waals surface area contributed by atoms with Gasteiger partial charge < -0.3 is 72.1 Å². The van der Waals surface area contributed by atoms with E-state index in [4.69, 9.17) is 9.97 Å². The largest absolute Gasteiger partial charge is 0.871 e. The number of aliphatic hydroxyl groups excluding tert-OH is 4. The van der Waals surface area contributed by atoms with Crippen LogP contribution in [-0.2, 0) is 19.2 Å². The molecule has 4 aromatic carbocycles. The summed E-state index contributed by atoms with van der Waals surface area (Å²) in [6, 6.07) is 26.8. The number of benzene rings is 4. The van der Waals surface area contributed by atoms with Gasteiger partial charge in [0.1, 0.15) is 0 Å². The second kappa shape index (κ2) is 22.0. The van der Waals surface area contributed by atoms with E-state index in [-0.39, 0.29) is 135 Å². The molecular formula is C68H46N8O12-4. The first-order chi connectivity index (χ1) is 42.5. The van der Waals surface area contributed by atoms with Crippen molar-refractivity contribution in [3.63, 3.8) is 0 Å². The number of aromatic nitrogens is 4. The molecule has 434 valence electrons. The average Bonchev–Trinajstić information content (AvgIpc) is 2.03. The second-order valence-electron chi connectivity index (χ2n) is 21.0. The summed E-state index contributed by atoms with van der Waals surface area (Å²) in [5.74, 6) is -7.60. The lowest BCUT2D eigenvalue weighted by molar-refractivity contribution is -0.267. The first-order valence-electron chi connectivity index (χ1n) is 27.5. The van der Waals surface area contributed by atoms with Gasteiger partial charge in [0.25, 0.3) is 0 Å². The van der Waals surface area contributed by atoms with Gasteiger partial charge in [-0.1, -0.05) is 95.8 Å². The summed E-state index contributed by atoms with van der Waals surface area (Å²) < 4.78 is 0. The van der Waals surface area contributed by atoms with Crippen LogP contribution in [0.4, 0.5) is 22.7 Å². The van der Waals surface area contributed by atoms with Gasteiger partial charge in [0.05, 0.1) is 46.9 Å². The maximum Gasteiger partial charge on any atom is 0.227 e. The van der Waals surface area contributed by atoms with E-state index in [1.165, 1.54) is 72.9 Å². The molecule has 88 heavy (non-hydrogen) atoms. The van der Waals surface area contributed by atoms with Crippen LogP contribution in [0.2, 0.25) is 0 Å². The number of fused-ring (bicyclic) bond motifs is 8. The number of anilines is 4. The van der Waals surface area contributed by atoms with Crippen molar-refractivity contribution in [2.45, 2.75) is 24.2 Å². The van der Waals surface area contributed by atoms with Crippen molar-refractivity contribution in [2.24, 2.45) is 0 Å². The Kier molecular flexibility index (Phi) is 13.7. The molecule has 3 aromatic heterocycles. The number of aromatic amines is 2. The maximum absolute atomic E-state index is 14.6. The number of ketones is 4. The SMILES string of the molecule is O=C1C(O)=CC(Nc2ccccc2[O-])C=C1c1c2nc(c(C3=CC(Nc4ccccc4[O-])C=C(O)C3=O)c3ccc([nH]3)c(C3=CC(Nc4ccccc4[O-])C=C(O)C3=O)c3nc(c(C4=CC(Nc5ccccc5[O-])C=C(O)C4=O)c4ccc1[nH]4)C=C3)C=C2. The van der Waals surface area contributed by atoms with Crippen LogP contribution in [0.15, 0.2) is 193 Å². The van der Waals surface area contributed by atoms with Crippen LogP contribution in [0.25, 0.3) is 68.7 Å². The Labute approximate surface area is 498 Å². The summed E-state index contributed by atoms with van der Waals surface area (Å²) in [4.78, 5) is 75.4. The van der Waals surface area contributed by atoms with Gasteiger partial charge in [-0.2, -0.15) is 0 Å². The number of para-hydroxylation sites is 8. The predicted molar refractivity (Wildman–Crippen MR) is 327 cm³/mol. The van der Waals surface area contributed by atoms with Gasteiger partial charge in [-0.15, -0.1) is 0 Å². The average molecular weight is 1170 g/mol. The number of aliphatic hydroxyl groups is 4. The van der Waals surface area contributed by atoms with Crippen LogP contribution in [-0.4, -0.2) is 87.7 Å². The van der Waals surface area contributed by atoms with Crippen LogP contribution in [0.1, 0.15) is 45.0 Å². The molecule has 20 nitrogen and oxygen atoms in total. The molecule has 0 fully saturated rings. The first-order valence-corrected chi connectivity index (χ1v) is 27.5. The van der Waals surface area contributed by atoms with Gasteiger partial charge in [0, 0.05) is 89.4 Å². The van der Waals surface area contributed by atoms with E-state index in [1.807, 2.05) is 0 Å². The number of carbonyl (C=O) groups is 4. The lowest BCUT2D eigenvalue weighted by atomic mass is 9.92. The number of hydrogen-bond donors (Lipinski definition) is 10. The highest BCUT2D eigenvalue weighted by Crippen LogP contribution is 2.41. The third-order valence-corrected chi connectivity index (χ3v) is 15.3. The Morgan fingerprint density at radius 3 is 0.750 bits per heavy atom. The summed E-state index contributed by atoms with van der Waals surface area (Å²) in [5, 5.41) is 110. The van der Waals surface area contributed by atoms with Crippen LogP contribution in [0.3, 0.4) is 0 Å². The fraction of sp³-hybridized carbons (Fsp3) is 0.0588. The van der Waals surface area contributed by atoms with Crippen molar-refractivity contribution in [2.75, 3.05) is 21.3 Å². The molecule has 0 spiro atoms. The van der Waals surface area contributed by atoms with Gasteiger partial charge >= 0.3 is 0 Å². The van der Waals surface area contributed by atoms with Crippen LogP contribution in [0, 0.1) is 0 Å². The molecule has 0 amide bonds. The Hall–Kier alpha value is -12.3. The minimum absolute atomic E-state index is 0.0732. The second-order valence-corrected chi connectivity index (χ2v) is 21.0. The van der Waals surface area contributed by atoms with Gasteiger partial charge in [-0.05, 0) is 121 Å². The quantitative estimate of drug-likeness (QED) is 0.0548. The molecule has 2 aliphatic heterocycles. The number of hydrogen-bond acceptors (Lipinski definition) is 18. The Bertz CT molecular complexity index is 4160. The van der Waals surface area contributed by atoms with E-state index in [9.17, 15) is 60.0 Å². The molecule has 13 rings (SSSR count). The standard InChI is InChI=1S/C68H50N8O12/c77-53-13-5-1-9-41(53)69-33-25-37(65(85)57(81)29-33)61-45-17-19-47(73-45)62(38-26-34(30-58(82)66(38)86)70-42-10-2-6-14-54(42)78)49-21-23-51(75-49)64(40-28-36(32-60(84)68(40)88)72-44-12-4-8-16-56(44)80)52-24-22-50(76-52)63(48-20-18-46(61)74-48)39-27-35(31-59(83)67(39)87)71-43-11-3-7-15-55(43)79/h1-36,69-73,76-84H/p-4. The molecule has 0 saturated heterocycles.